The van der Waals surface area contributed by atoms with E-state index in [1.807, 2.05) is 0 Å². The van der Waals surface area contributed by atoms with Crippen LogP contribution in [0.1, 0.15) is 0 Å². The van der Waals surface area contributed by atoms with Gasteiger partial charge in [-0.05, 0) is 0 Å². The Morgan fingerprint density at radius 3 is 2.43 bits per heavy atom. The fraction of sp³-hybridized carbons (Fsp3) is 0.556. The molecule has 21 heavy (non-hydrogen) atoms. The lowest BCUT2D eigenvalue weighted by Gasteiger charge is -2.12. The number of carbonyl (C=O) groups excluding carboxylic acids is 2. The van der Waals surface area contributed by atoms with Gasteiger partial charge in [-0.2, -0.15) is 13.2 Å². The molecule has 0 fully saturated rings. The molecule has 0 rings (SSSR count). The van der Waals surface area contributed by atoms with Crippen molar-refractivity contribution in [1.29, 1.82) is 0 Å². The van der Waals surface area contributed by atoms with Gasteiger partial charge in [0.05, 0.1) is 13.2 Å². The van der Waals surface area contributed by atoms with Crippen LogP contribution in [0.5, 0.6) is 0 Å². The second-order valence-electron chi connectivity index (χ2n) is 3.31. The van der Waals surface area contributed by atoms with E-state index in [-0.39, 0.29) is 6.54 Å². The van der Waals surface area contributed by atoms with E-state index in [2.05, 4.69) is 20.3 Å². The minimum absolute atomic E-state index is 0.109. The first-order chi connectivity index (χ1) is 9.58. The van der Waals surface area contributed by atoms with Crippen molar-refractivity contribution in [2.75, 3.05) is 26.3 Å². The maximum atomic E-state index is 11.8. The number of hydrogen-bond acceptors (Lipinski definition) is 5. The largest absolute Gasteiger partial charge is 0.472 e. The Kier molecular flexibility index (Phi) is 7.98. The highest BCUT2D eigenvalue weighted by molar-refractivity contribution is 7.47. The van der Waals surface area contributed by atoms with E-state index < -0.39 is 45.6 Å². The molecule has 0 aliphatic rings. The number of terminal acetylenes is 1. The lowest BCUT2D eigenvalue weighted by molar-refractivity contribution is -0.173. The van der Waals surface area contributed by atoms with Gasteiger partial charge in [-0.1, -0.05) is 5.92 Å². The van der Waals surface area contributed by atoms with Crippen LogP contribution in [-0.2, 0) is 23.2 Å². The SMILES string of the molecule is C#CCNC(=O)COP(=O)(O)OCCNC(=O)C(F)(F)F. The highest BCUT2D eigenvalue weighted by Gasteiger charge is 2.38. The lowest BCUT2D eigenvalue weighted by atomic mass is 10.5. The molecule has 0 aromatic rings. The molecule has 8 nitrogen and oxygen atoms in total. The molecule has 0 radical (unpaired) electrons. The summed E-state index contributed by atoms with van der Waals surface area (Å²) in [7, 11) is -4.62. The van der Waals surface area contributed by atoms with Gasteiger partial charge in [0, 0.05) is 6.54 Å². The van der Waals surface area contributed by atoms with Crippen LogP contribution in [0.15, 0.2) is 0 Å². The van der Waals surface area contributed by atoms with E-state index in [1.165, 1.54) is 5.32 Å². The first-order valence-corrected chi connectivity index (χ1v) is 6.75. The number of hydrogen-bond donors (Lipinski definition) is 3. The molecular weight excluding hydrogens is 320 g/mol. The van der Waals surface area contributed by atoms with Gasteiger partial charge >= 0.3 is 19.9 Å². The minimum Gasteiger partial charge on any atom is -0.346 e. The highest BCUT2D eigenvalue weighted by Crippen LogP contribution is 2.42. The van der Waals surface area contributed by atoms with Crippen LogP contribution in [0.4, 0.5) is 13.2 Å². The van der Waals surface area contributed by atoms with Gasteiger partial charge in [-0.3, -0.25) is 18.6 Å². The summed E-state index contributed by atoms with van der Waals surface area (Å²) in [5.41, 5.74) is 0. The number of rotatable bonds is 8. The molecule has 0 saturated heterocycles. The van der Waals surface area contributed by atoms with Gasteiger partial charge in [0.2, 0.25) is 5.91 Å². The van der Waals surface area contributed by atoms with Crippen LogP contribution in [0.3, 0.4) is 0 Å². The van der Waals surface area contributed by atoms with Crippen LogP contribution in [0.25, 0.3) is 0 Å². The predicted molar refractivity (Wildman–Crippen MR) is 62.6 cm³/mol. The molecule has 0 spiro atoms. The quantitative estimate of drug-likeness (QED) is 0.315. The number of nitrogens with one attached hydrogen (secondary N) is 2. The Morgan fingerprint density at radius 1 is 1.29 bits per heavy atom. The van der Waals surface area contributed by atoms with Gasteiger partial charge in [0.25, 0.3) is 0 Å². The molecule has 120 valence electrons. The molecular formula is C9H12F3N2O6P. The minimum atomic E-state index is -5.06. The van der Waals surface area contributed by atoms with Gasteiger partial charge in [0.1, 0.15) is 6.61 Å². The zero-order valence-electron chi connectivity index (χ0n) is 10.5. The topological polar surface area (TPSA) is 114 Å². The third kappa shape index (κ3) is 9.86. The van der Waals surface area contributed by atoms with Crippen molar-refractivity contribution in [3.05, 3.63) is 0 Å². The Hall–Kier alpha value is -1.60. The Labute approximate surface area is 117 Å². The summed E-state index contributed by atoms with van der Waals surface area (Å²) in [6.45, 7) is -2.33. The lowest BCUT2D eigenvalue weighted by Crippen LogP contribution is -2.38. The number of phosphoric acid groups is 1. The highest BCUT2D eigenvalue weighted by atomic mass is 31.2. The van der Waals surface area contributed by atoms with Crippen LogP contribution in [0.2, 0.25) is 0 Å². The van der Waals surface area contributed by atoms with E-state index in [1.54, 1.807) is 0 Å². The third-order valence-corrected chi connectivity index (χ3v) is 2.61. The molecule has 0 aromatic carbocycles. The fourth-order valence-corrected chi connectivity index (χ4v) is 1.48. The molecule has 0 aliphatic heterocycles. The van der Waals surface area contributed by atoms with Gasteiger partial charge in [0.15, 0.2) is 0 Å². The molecule has 0 saturated carbocycles. The van der Waals surface area contributed by atoms with Crippen molar-refractivity contribution in [1.82, 2.24) is 10.6 Å². The predicted octanol–water partition coefficient (Wildman–Crippen LogP) is -0.452. The normalized spacial score (nSPS) is 13.9. The summed E-state index contributed by atoms with van der Waals surface area (Å²) in [4.78, 5) is 30.4. The van der Waals surface area contributed by atoms with Crippen molar-refractivity contribution in [2.45, 2.75) is 6.18 Å². The van der Waals surface area contributed by atoms with Crippen LogP contribution in [0, 0.1) is 12.3 Å². The smallest absolute Gasteiger partial charge is 0.346 e. The van der Waals surface area contributed by atoms with Crippen molar-refractivity contribution in [2.24, 2.45) is 0 Å². The summed E-state index contributed by atoms with van der Waals surface area (Å²) in [6.07, 6.45) is -0.215. The molecule has 1 atom stereocenters. The van der Waals surface area contributed by atoms with E-state index in [9.17, 15) is 27.3 Å². The van der Waals surface area contributed by atoms with Crippen LogP contribution < -0.4 is 10.6 Å². The molecule has 0 aromatic heterocycles. The van der Waals surface area contributed by atoms with Gasteiger partial charge in [-0.25, -0.2) is 4.57 Å². The Bertz CT molecular complexity index is 461. The van der Waals surface area contributed by atoms with E-state index >= 15 is 0 Å². The Balaban J connectivity index is 3.94. The molecule has 0 aliphatic carbocycles. The second kappa shape index (κ2) is 8.63. The summed E-state index contributed by atoms with van der Waals surface area (Å²) in [5, 5.41) is 3.54. The molecule has 1 unspecified atom stereocenters. The fourth-order valence-electron chi connectivity index (χ4n) is 0.804. The molecule has 0 heterocycles. The number of phosphoric ester groups is 1. The maximum Gasteiger partial charge on any atom is 0.472 e. The first-order valence-electron chi connectivity index (χ1n) is 5.25. The monoisotopic (exact) mass is 332 g/mol. The molecule has 12 heteroatoms. The van der Waals surface area contributed by atoms with Crippen molar-refractivity contribution in [3.8, 4) is 12.3 Å². The Morgan fingerprint density at radius 2 is 1.90 bits per heavy atom. The summed E-state index contributed by atoms with van der Waals surface area (Å²) in [5.74, 6) is -0.918. The number of halogens is 3. The number of carbonyl (C=O) groups is 2. The zero-order valence-corrected chi connectivity index (χ0v) is 11.4. The summed E-state index contributed by atoms with van der Waals surface area (Å²) >= 11 is 0. The number of alkyl halides is 3. The standard InChI is InChI=1S/C9H12F3N2O6P/c1-2-3-13-7(15)6-20-21(17,18)19-5-4-14-8(16)9(10,11)12/h1H,3-6H2,(H,13,15)(H,14,16)(H,17,18). The molecule has 0 bridgehead atoms. The van der Waals surface area contributed by atoms with Crippen molar-refractivity contribution >= 4 is 19.6 Å². The summed E-state index contributed by atoms with van der Waals surface area (Å²) < 4.78 is 55.0. The van der Waals surface area contributed by atoms with Crippen LogP contribution in [-0.4, -0.2) is 49.2 Å². The van der Waals surface area contributed by atoms with E-state index in [4.69, 9.17) is 11.3 Å². The van der Waals surface area contributed by atoms with Gasteiger partial charge < -0.3 is 15.5 Å². The van der Waals surface area contributed by atoms with Gasteiger partial charge in [-0.15, -0.1) is 6.42 Å². The van der Waals surface area contributed by atoms with E-state index in [0.29, 0.717) is 0 Å². The zero-order chi connectivity index (χ0) is 16.5. The molecule has 2 amide bonds. The maximum absolute atomic E-state index is 11.8. The molecule has 3 N–H and O–H groups in total. The average Bonchev–Trinajstić information content (AvgIpc) is 2.37. The number of amides is 2. The van der Waals surface area contributed by atoms with E-state index in [0.717, 1.165) is 0 Å². The average molecular weight is 332 g/mol. The van der Waals surface area contributed by atoms with Crippen molar-refractivity contribution in [3.63, 3.8) is 0 Å². The second-order valence-corrected chi connectivity index (χ2v) is 4.76. The van der Waals surface area contributed by atoms with Crippen molar-refractivity contribution < 1.29 is 41.3 Å². The summed E-state index contributed by atoms with van der Waals surface area (Å²) in [6, 6.07) is 0. The van der Waals surface area contributed by atoms with Crippen LogP contribution >= 0.6 is 7.82 Å². The first kappa shape index (κ1) is 19.4. The third-order valence-electron chi connectivity index (χ3n) is 1.65.